The first-order valence-corrected chi connectivity index (χ1v) is 9.62. The molecule has 0 radical (unpaired) electrons. The molecule has 0 saturated heterocycles. The first-order chi connectivity index (χ1) is 12.7. The van der Waals surface area contributed by atoms with Crippen LogP contribution in [0.2, 0.25) is 0 Å². The lowest BCUT2D eigenvalue weighted by Gasteiger charge is -2.33. The maximum atomic E-state index is 12.3. The number of ketones is 1. The van der Waals surface area contributed by atoms with Gasteiger partial charge in [-0.1, -0.05) is 31.1 Å². The fraction of sp³-hybridized carbons (Fsp3) is 0.591. The summed E-state index contributed by atoms with van der Waals surface area (Å²) in [4.78, 5) is 36.3. The lowest BCUT2D eigenvalue weighted by Crippen LogP contribution is -2.38. The van der Waals surface area contributed by atoms with Crippen molar-refractivity contribution in [3.8, 4) is 0 Å². The van der Waals surface area contributed by atoms with Gasteiger partial charge in [-0.05, 0) is 44.8 Å². The zero-order valence-corrected chi connectivity index (χ0v) is 16.9. The summed E-state index contributed by atoms with van der Waals surface area (Å²) in [7, 11) is 0. The van der Waals surface area contributed by atoms with Gasteiger partial charge in [0.05, 0.1) is 0 Å². The number of hydrogen-bond donors (Lipinski definition) is 0. The lowest BCUT2D eigenvalue weighted by molar-refractivity contribution is -0.156. The van der Waals surface area contributed by atoms with Gasteiger partial charge in [-0.3, -0.25) is 9.59 Å². The highest BCUT2D eigenvalue weighted by Gasteiger charge is 2.39. The summed E-state index contributed by atoms with van der Waals surface area (Å²) in [5.41, 5.74) is 2.50. The van der Waals surface area contributed by atoms with Crippen LogP contribution in [0.4, 0.5) is 0 Å². The number of hydrogen-bond acceptors (Lipinski definition) is 5. The Labute approximate surface area is 161 Å². The van der Waals surface area contributed by atoms with E-state index in [0.29, 0.717) is 12.0 Å². The second-order valence-corrected chi connectivity index (χ2v) is 7.96. The molecule has 0 aromatic heterocycles. The fourth-order valence-electron chi connectivity index (χ4n) is 3.84. The van der Waals surface area contributed by atoms with E-state index >= 15 is 0 Å². The molecule has 0 aromatic carbocycles. The van der Waals surface area contributed by atoms with Gasteiger partial charge in [0, 0.05) is 31.3 Å². The molecule has 0 aromatic rings. The van der Waals surface area contributed by atoms with Crippen LogP contribution in [-0.4, -0.2) is 29.9 Å². The molecule has 3 atom stereocenters. The van der Waals surface area contributed by atoms with Crippen LogP contribution >= 0.6 is 0 Å². The summed E-state index contributed by atoms with van der Waals surface area (Å²) in [6.45, 7) is 9.40. The second-order valence-electron chi connectivity index (χ2n) is 7.96. The number of rotatable bonds is 2. The first-order valence-electron chi connectivity index (χ1n) is 9.62. The third kappa shape index (κ3) is 5.91. The molecule has 27 heavy (non-hydrogen) atoms. The third-order valence-electron chi connectivity index (χ3n) is 5.09. The molecule has 1 unspecified atom stereocenters. The summed E-state index contributed by atoms with van der Waals surface area (Å²) in [6.07, 6.45) is 6.86. The summed E-state index contributed by atoms with van der Waals surface area (Å²) >= 11 is 0. The Morgan fingerprint density at radius 1 is 1.22 bits per heavy atom. The number of esters is 2. The van der Waals surface area contributed by atoms with E-state index in [1.54, 1.807) is 12.2 Å². The fourth-order valence-corrected chi connectivity index (χ4v) is 3.84. The zero-order chi connectivity index (χ0) is 20.1. The predicted molar refractivity (Wildman–Crippen MR) is 103 cm³/mol. The summed E-state index contributed by atoms with van der Waals surface area (Å²) in [5, 5.41) is 0. The Morgan fingerprint density at radius 2 is 1.93 bits per heavy atom. The molecule has 1 aliphatic carbocycles. The van der Waals surface area contributed by atoms with Gasteiger partial charge < -0.3 is 9.47 Å². The molecule has 0 fully saturated rings. The molecule has 2 aliphatic rings. The smallest absolute Gasteiger partial charge is 0.334 e. The molecule has 0 amide bonds. The molecule has 0 N–H and O–H groups in total. The van der Waals surface area contributed by atoms with Gasteiger partial charge in [-0.15, -0.1) is 0 Å². The van der Waals surface area contributed by atoms with Crippen LogP contribution in [0.15, 0.2) is 34.9 Å². The van der Waals surface area contributed by atoms with Gasteiger partial charge in [-0.25, -0.2) is 4.79 Å². The Kier molecular flexibility index (Phi) is 7.17. The van der Waals surface area contributed by atoms with Crippen molar-refractivity contribution in [3.05, 3.63) is 34.9 Å². The van der Waals surface area contributed by atoms with E-state index in [4.69, 9.17) is 9.47 Å². The minimum absolute atomic E-state index is 0.0462. The van der Waals surface area contributed by atoms with Crippen molar-refractivity contribution in [2.45, 2.75) is 72.5 Å². The van der Waals surface area contributed by atoms with Crippen LogP contribution in [0.25, 0.3) is 0 Å². The van der Waals surface area contributed by atoms with Crippen LogP contribution in [-0.2, 0) is 23.9 Å². The number of carbonyl (C=O) groups excluding carboxylic acids is 3. The normalized spacial score (nSPS) is 31.2. The van der Waals surface area contributed by atoms with Crippen molar-refractivity contribution >= 4 is 17.7 Å². The zero-order valence-electron chi connectivity index (χ0n) is 16.9. The Morgan fingerprint density at radius 3 is 2.56 bits per heavy atom. The Hall–Kier alpha value is -2.17. The van der Waals surface area contributed by atoms with Crippen molar-refractivity contribution in [1.82, 2.24) is 0 Å². The summed E-state index contributed by atoms with van der Waals surface area (Å²) in [6, 6.07) is 0. The standard InChI is InChI=1S/C22H30O5/c1-13(2)21-19(26-16(5)23)10-15(4)8-6-7-14(3)9-18(24)11-17-12-20(21)27-22(17)25/h8-9,12-13,19-21H,6-7,10-11H2,1-5H3/b14-9-,15-8-/t19?,20-,21-/m0/s1. The van der Waals surface area contributed by atoms with Gasteiger partial charge in [0.25, 0.3) is 0 Å². The average Bonchev–Trinajstić information content (AvgIpc) is 2.85. The van der Waals surface area contributed by atoms with Gasteiger partial charge in [0.15, 0.2) is 5.78 Å². The molecular weight excluding hydrogens is 344 g/mol. The Balaban J connectivity index is 2.43. The molecule has 5 heteroatoms. The largest absolute Gasteiger partial charge is 0.462 e. The van der Waals surface area contributed by atoms with E-state index in [1.165, 1.54) is 6.92 Å². The van der Waals surface area contributed by atoms with Crippen molar-refractivity contribution in [2.75, 3.05) is 0 Å². The quantitative estimate of drug-likeness (QED) is 0.538. The van der Waals surface area contributed by atoms with Crippen molar-refractivity contribution < 1.29 is 23.9 Å². The minimum atomic E-state index is -0.495. The molecule has 1 heterocycles. The highest BCUT2D eigenvalue weighted by atomic mass is 16.6. The van der Waals surface area contributed by atoms with Gasteiger partial charge in [-0.2, -0.15) is 0 Å². The van der Waals surface area contributed by atoms with E-state index in [-0.39, 0.29) is 36.1 Å². The molecule has 5 nitrogen and oxygen atoms in total. The highest BCUT2D eigenvalue weighted by Crippen LogP contribution is 2.34. The second kappa shape index (κ2) is 9.16. The number of ether oxygens (including phenoxy) is 2. The number of fused-ring (bicyclic) bond motifs is 1. The van der Waals surface area contributed by atoms with E-state index in [0.717, 1.165) is 24.0 Å². The molecule has 2 bridgehead atoms. The van der Waals surface area contributed by atoms with E-state index in [2.05, 4.69) is 6.08 Å². The SMILES string of the molecule is CC(=O)OC1C/C(C)=C\CC/C(C)=C\C(=O)CC2=C[C@H](OC2=O)[C@H]1C(C)C. The van der Waals surface area contributed by atoms with Crippen molar-refractivity contribution in [2.24, 2.45) is 11.8 Å². The van der Waals surface area contributed by atoms with Gasteiger partial charge in [0.2, 0.25) is 0 Å². The molecule has 2 rings (SSSR count). The molecule has 1 aliphatic heterocycles. The van der Waals surface area contributed by atoms with Gasteiger partial charge in [0.1, 0.15) is 12.2 Å². The lowest BCUT2D eigenvalue weighted by atomic mass is 9.82. The summed E-state index contributed by atoms with van der Waals surface area (Å²) in [5.74, 6) is -0.933. The van der Waals surface area contributed by atoms with Crippen LogP contribution in [0.1, 0.15) is 60.3 Å². The topological polar surface area (TPSA) is 69.7 Å². The van der Waals surface area contributed by atoms with Crippen molar-refractivity contribution in [1.29, 1.82) is 0 Å². The van der Waals surface area contributed by atoms with Gasteiger partial charge >= 0.3 is 11.9 Å². The number of carbonyl (C=O) groups is 3. The molecule has 0 spiro atoms. The Bertz CT molecular complexity index is 695. The maximum Gasteiger partial charge on any atom is 0.334 e. The highest BCUT2D eigenvalue weighted by molar-refractivity contribution is 6.01. The maximum absolute atomic E-state index is 12.3. The van der Waals surface area contributed by atoms with Crippen molar-refractivity contribution in [3.63, 3.8) is 0 Å². The molecular formula is C22H30O5. The third-order valence-corrected chi connectivity index (χ3v) is 5.09. The van der Waals surface area contributed by atoms with E-state index in [1.807, 2.05) is 27.7 Å². The average molecular weight is 374 g/mol. The van der Waals surface area contributed by atoms with E-state index in [9.17, 15) is 14.4 Å². The minimum Gasteiger partial charge on any atom is -0.462 e. The number of allylic oxidation sites excluding steroid dienone is 3. The van der Waals surface area contributed by atoms with E-state index < -0.39 is 12.1 Å². The van der Waals surface area contributed by atoms with Crippen LogP contribution in [0, 0.1) is 11.8 Å². The molecule has 148 valence electrons. The predicted octanol–water partition coefficient (Wildman–Crippen LogP) is 4.08. The monoisotopic (exact) mass is 374 g/mol. The molecule has 0 saturated carbocycles. The van der Waals surface area contributed by atoms with Crippen LogP contribution < -0.4 is 0 Å². The van der Waals surface area contributed by atoms with Crippen LogP contribution in [0.3, 0.4) is 0 Å². The summed E-state index contributed by atoms with van der Waals surface area (Å²) < 4.78 is 11.2. The van der Waals surface area contributed by atoms with Crippen LogP contribution in [0.5, 0.6) is 0 Å². The first kappa shape index (κ1) is 21.1.